The number of ether oxygens (including phenoxy) is 2. The van der Waals surface area contributed by atoms with Crippen molar-refractivity contribution in [3.8, 4) is 34.0 Å². The average Bonchev–Trinajstić information content (AvgIpc) is 3.64. The van der Waals surface area contributed by atoms with Crippen LogP contribution in [0.2, 0.25) is 0 Å². The molecule has 1 unspecified atom stereocenters. The first kappa shape index (κ1) is 28.6. The van der Waals surface area contributed by atoms with Crippen LogP contribution in [0, 0.1) is 0 Å². The Balaban J connectivity index is 1.31. The number of carbonyl (C=O) groups is 1. The Kier molecular flexibility index (Phi) is 6.85. The zero-order valence-corrected chi connectivity index (χ0v) is 22.5. The summed E-state index contributed by atoms with van der Waals surface area (Å²) in [5.74, 6) is -1.63. The number of aryl methyl sites for hydroxylation is 1. The van der Waals surface area contributed by atoms with E-state index < -0.39 is 35.8 Å². The molecule has 2 heterocycles. The highest BCUT2D eigenvalue weighted by atomic mass is 19.4. The first-order chi connectivity index (χ1) is 20.3. The molecule has 1 N–H and O–H groups in total. The number of nitrogens with zero attached hydrogens (tertiary/aromatic N) is 3. The lowest BCUT2D eigenvalue weighted by atomic mass is 9.91. The minimum absolute atomic E-state index is 0.00889. The first-order valence-corrected chi connectivity index (χ1v) is 13.3. The van der Waals surface area contributed by atoms with E-state index in [1.165, 1.54) is 37.4 Å². The van der Waals surface area contributed by atoms with Gasteiger partial charge in [0.1, 0.15) is 17.6 Å². The molecular weight excluding hydrogens is 580 g/mol. The Hall–Kier alpha value is -4.55. The van der Waals surface area contributed by atoms with Crippen molar-refractivity contribution in [2.24, 2.45) is 7.05 Å². The minimum atomic E-state index is -4.74. The Morgan fingerprint density at radius 2 is 1.70 bits per heavy atom. The standard InChI is InChI=1S/C30H23F6N3O4/c1-39-27(37-28(38-39)30(34,35)36)16-4-2-15(3-5-16)26-21-9-11-23(20(21)8-10-22(26)29(31,32)33)43-18-6-7-19-17(12-25(40)41)14-42-24(19)13-18/h2-8,10,13,17,23H,9,11-12,14H2,1H3,(H,40,41)/t17?,23-/m1/s1. The molecule has 4 aromatic rings. The summed E-state index contributed by atoms with van der Waals surface area (Å²) in [5, 5.41) is 12.5. The van der Waals surface area contributed by atoms with Crippen LogP contribution in [0.3, 0.4) is 0 Å². The fourth-order valence-electron chi connectivity index (χ4n) is 5.77. The van der Waals surface area contributed by atoms with Gasteiger partial charge in [0.2, 0.25) is 0 Å². The van der Waals surface area contributed by atoms with Crippen molar-refractivity contribution in [2.45, 2.75) is 43.6 Å². The van der Waals surface area contributed by atoms with E-state index in [0.29, 0.717) is 35.5 Å². The highest BCUT2D eigenvalue weighted by molar-refractivity contribution is 5.76. The Labute approximate surface area is 240 Å². The molecule has 7 nitrogen and oxygen atoms in total. The molecule has 0 radical (unpaired) electrons. The molecule has 224 valence electrons. The molecule has 43 heavy (non-hydrogen) atoms. The van der Waals surface area contributed by atoms with Gasteiger partial charge in [0.25, 0.3) is 5.82 Å². The lowest BCUT2D eigenvalue weighted by Crippen LogP contribution is -2.10. The number of carboxylic acid groups (broad SMARTS) is 1. The second-order valence-electron chi connectivity index (χ2n) is 10.5. The van der Waals surface area contributed by atoms with Gasteiger partial charge in [-0.15, -0.1) is 5.10 Å². The molecule has 0 saturated carbocycles. The van der Waals surface area contributed by atoms with E-state index in [1.807, 2.05) is 0 Å². The van der Waals surface area contributed by atoms with Crippen LogP contribution in [0.15, 0.2) is 54.6 Å². The molecule has 1 aliphatic carbocycles. The number of benzene rings is 3. The molecule has 13 heteroatoms. The Morgan fingerprint density at radius 1 is 1.00 bits per heavy atom. The number of alkyl halides is 6. The zero-order valence-electron chi connectivity index (χ0n) is 22.5. The number of rotatable bonds is 6. The quantitative estimate of drug-likeness (QED) is 0.235. The molecule has 0 saturated heterocycles. The van der Waals surface area contributed by atoms with Crippen LogP contribution in [-0.2, 0) is 30.6 Å². The van der Waals surface area contributed by atoms with Gasteiger partial charge in [-0.2, -0.15) is 26.3 Å². The number of hydrogen-bond donors (Lipinski definition) is 1. The van der Waals surface area contributed by atoms with Gasteiger partial charge < -0.3 is 14.6 Å². The maximum atomic E-state index is 14.2. The molecule has 0 fully saturated rings. The topological polar surface area (TPSA) is 86.5 Å². The van der Waals surface area contributed by atoms with Crippen LogP contribution in [-0.4, -0.2) is 32.4 Å². The lowest BCUT2D eigenvalue weighted by Gasteiger charge is -2.20. The molecule has 0 bridgehead atoms. The number of fused-ring (bicyclic) bond motifs is 2. The number of aromatic nitrogens is 3. The second kappa shape index (κ2) is 10.3. The normalized spacial score (nSPS) is 17.8. The highest BCUT2D eigenvalue weighted by Crippen LogP contribution is 2.47. The molecule has 6 rings (SSSR count). The number of aliphatic carboxylic acids is 1. The van der Waals surface area contributed by atoms with Crippen LogP contribution < -0.4 is 9.47 Å². The Bertz CT molecular complexity index is 1710. The summed E-state index contributed by atoms with van der Waals surface area (Å²) in [5.41, 5.74) is 1.52. The van der Waals surface area contributed by atoms with E-state index in [9.17, 15) is 31.1 Å². The molecule has 1 aliphatic heterocycles. The van der Waals surface area contributed by atoms with Crippen molar-refractivity contribution in [1.29, 1.82) is 0 Å². The fourth-order valence-corrected chi connectivity index (χ4v) is 5.77. The monoisotopic (exact) mass is 603 g/mol. The van der Waals surface area contributed by atoms with Crippen molar-refractivity contribution >= 4 is 5.97 Å². The van der Waals surface area contributed by atoms with Gasteiger partial charge in [0.15, 0.2) is 5.82 Å². The minimum Gasteiger partial charge on any atom is -0.492 e. The van der Waals surface area contributed by atoms with E-state index >= 15 is 0 Å². The Morgan fingerprint density at radius 3 is 2.35 bits per heavy atom. The molecule has 2 aliphatic rings. The third kappa shape index (κ3) is 5.39. The summed E-state index contributed by atoms with van der Waals surface area (Å²) in [4.78, 5) is 14.7. The molecule has 1 aromatic heterocycles. The summed E-state index contributed by atoms with van der Waals surface area (Å²) in [6.07, 6.45) is -9.28. The fraction of sp³-hybridized carbons (Fsp3) is 0.300. The van der Waals surface area contributed by atoms with E-state index in [4.69, 9.17) is 14.6 Å². The van der Waals surface area contributed by atoms with Crippen molar-refractivity contribution < 1.29 is 45.7 Å². The number of carboxylic acids is 1. The first-order valence-electron chi connectivity index (χ1n) is 13.3. The zero-order chi connectivity index (χ0) is 30.7. The average molecular weight is 604 g/mol. The predicted molar refractivity (Wildman–Crippen MR) is 140 cm³/mol. The van der Waals surface area contributed by atoms with Gasteiger partial charge in [0, 0.05) is 30.2 Å². The van der Waals surface area contributed by atoms with Crippen LogP contribution in [0.1, 0.15) is 52.9 Å². The summed E-state index contributed by atoms with van der Waals surface area (Å²) in [7, 11) is 1.30. The lowest BCUT2D eigenvalue weighted by molar-refractivity contribution is -0.145. The maximum absolute atomic E-state index is 14.2. The van der Waals surface area contributed by atoms with Crippen LogP contribution in [0.4, 0.5) is 26.3 Å². The van der Waals surface area contributed by atoms with E-state index in [1.54, 1.807) is 18.2 Å². The van der Waals surface area contributed by atoms with E-state index in [-0.39, 0.29) is 41.5 Å². The maximum Gasteiger partial charge on any atom is 0.453 e. The summed E-state index contributed by atoms with van der Waals surface area (Å²) in [6.45, 7) is 0.236. The largest absolute Gasteiger partial charge is 0.492 e. The van der Waals surface area contributed by atoms with E-state index in [2.05, 4.69) is 10.1 Å². The number of halogens is 6. The SMILES string of the molecule is Cn1nc(C(F)(F)F)nc1-c1ccc(-c2c(C(F)(F)F)ccc3c2CC[C@H]3Oc2ccc3c(c2)OCC3CC(=O)O)cc1. The van der Waals surface area contributed by atoms with Gasteiger partial charge >= 0.3 is 18.3 Å². The van der Waals surface area contributed by atoms with Crippen LogP contribution in [0.25, 0.3) is 22.5 Å². The van der Waals surface area contributed by atoms with Crippen LogP contribution >= 0.6 is 0 Å². The van der Waals surface area contributed by atoms with Crippen LogP contribution in [0.5, 0.6) is 11.5 Å². The third-order valence-electron chi connectivity index (χ3n) is 7.67. The molecule has 2 atom stereocenters. The summed E-state index contributed by atoms with van der Waals surface area (Å²) >= 11 is 0. The van der Waals surface area contributed by atoms with E-state index in [0.717, 1.165) is 16.3 Å². The van der Waals surface area contributed by atoms with Crippen molar-refractivity contribution in [3.05, 3.63) is 82.7 Å². The highest BCUT2D eigenvalue weighted by Gasteiger charge is 2.39. The molecule has 3 aromatic carbocycles. The molecule has 0 spiro atoms. The van der Waals surface area contributed by atoms with Gasteiger partial charge in [-0.3, -0.25) is 4.79 Å². The molecular formula is C30H23F6N3O4. The molecule has 0 amide bonds. The third-order valence-corrected chi connectivity index (χ3v) is 7.67. The summed E-state index contributed by atoms with van der Waals surface area (Å²) < 4.78 is 94.6. The van der Waals surface area contributed by atoms with Crippen molar-refractivity contribution in [3.63, 3.8) is 0 Å². The smallest absolute Gasteiger partial charge is 0.453 e. The summed E-state index contributed by atoms with van der Waals surface area (Å²) in [6, 6.07) is 13.2. The second-order valence-corrected chi connectivity index (χ2v) is 10.5. The van der Waals surface area contributed by atoms with Gasteiger partial charge in [-0.05, 0) is 47.2 Å². The predicted octanol–water partition coefficient (Wildman–Crippen LogP) is 7.20. The number of hydrogen-bond acceptors (Lipinski definition) is 5. The van der Waals surface area contributed by atoms with Gasteiger partial charge in [-0.25, -0.2) is 9.67 Å². The van der Waals surface area contributed by atoms with Gasteiger partial charge in [-0.1, -0.05) is 36.4 Å². The van der Waals surface area contributed by atoms with Crippen molar-refractivity contribution in [2.75, 3.05) is 6.61 Å². The van der Waals surface area contributed by atoms with Crippen molar-refractivity contribution in [1.82, 2.24) is 14.8 Å². The van der Waals surface area contributed by atoms with Gasteiger partial charge in [0.05, 0.1) is 18.6 Å².